The Morgan fingerprint density at radius 2 is 1.90 bits per heavy atom. The van der Waals surface area contributed by atoms with Crippen molar-refractivity contribution in [3.8, 4) is 0 Å². The molecule has 2 heterocycles. The van der Waals surface area contributed by atoms with Gasteiger partial charge in [0.1, 0.15) is 0 Å². The number of piperidine rings is 1. The van der Waals surface area contributed by atoms with E-state index in [0.717, 1.165) is 19.4 Å². The second-order valence-electron chi connectivity index (χ2n) is 6.07. The first-order valence-electron chi connectivity index (χ1n) is 7.29. The van der Waals surface area contributed by atoms with Crippen molar-refractivity contribution >= 4 is 0 Å². The van der Waals surface area contributed by atoms with Crippen molar-refractivity contribution in [3.63, 3.8) is 0 Å². The first-order chi connectivity index (χ1) is 9.70. The molecule has 2 aliphatic heterocycles. The molecule has 0 saturated carbocycles. The predicted molar refractivity (Wildman–Crippen MR) is 76.4 cm³/mol. The molecule has 2 fully saturated rings. The zero-order valence-electron chi connectivity index (χ0n) is 12.0. The van der Waals surface area contributed by atoms with Crippen LogP contribution >= 0.6 is 0 Å². The van der Waals surface area contributed by atoms with Crippen LogP contribution in [0.1, 0.15) is 18.4 Å². The summed E-state index contributed by atoms with van der Waals surface area (Å²) >= 11 is 0. The van der Waals surface area contributed by atoms with Crippen LogP contribution in [0.3, 0.4) is 0 Å². The monoisotopic (exact) mass is 277 g/mol. The molecule has 2 unspecified atom stereocenters. The van der Waals surface area contributed by atoms with Crippen molar-refractivity contribution < 1.29 is 14.6 Å². The summed E-state index contributed by atoms with van der Waals surface area (Å²) in [5, 5.41) is 10.7. The summed E-state index contributed by atoms with van der Waals surface area (Å²) in [6, 6.07) is 11.1. The second-order valence-corrected chi connectivity index (χ2v) is 6.07. The maximum Gasteiger partial charge on any atom is 0.0911 e. The number of rotatable bonds is 4. The minimum atomic E-state index is -0.693. The van der Waals surface area contributed by atoms with Crippen molar-refractivity contribution in [2.24, 2.45) is 0 Å². The minimum Gasteiger partial charge on any atom is -0.387 e. The van der Waals surface area contributed by atoms with E-state index >= 15 is 0 Å². The number of morpholine rings is 1. The molecule has 1 aromatic carbocycles. The highest BCUT2D eigenvalue weighted by atomic mass is 16.5. The van der Waals surface area contributed by atoms with Crippen molar-refractivity contribution in [1.82, 2.24) is 4.90 Å². The second kappa shape index (κ2) is 5.82. The molecule has 1 aromatic rings. The highest BCUT2D eigenvalue weighted by molar-refractivity contribution is 5.15. The van der Waals surface area contributed by atoms with Gasteiger partial charge < -0.3 is 14.6 Å². The molecule has 0 radical (unpaired) electrons. The van der Waals surface area contributed by atoms with Gasteiger partial charge >= 0.3 is 0 Å². The molecule has 0 amide bonds. The molecule has 20 heavy (non-hydrogen) atoms. The first kappa shape index (κ1) is 14.0. The molecule has 4 heteroatoms. The van der Waals surface area contributed by atoms with E-state index in [1.54, 1.807) is 7.11 Å². The molecule has 110 valence electrons. The Hall–Kier alpha value is -0.940. The Morgan fingerprint density at radius 3 is 2.50 bits per heavy atom. The number of nitrogens with zero attached hydrogens (tertiary/aromatic N) is 1. The molecular formula is C16H23NO3. The van der Waals surface area contributed by atoms with Gasteiger partial charge in [0.25, 0.3) is 0 Å². The molecule has 0 aliphatic carbocycles. The Labute approximate surface area is 120 Å². The Morgan fingerprint density at radius 1 is 1.25 bits per heavy atom. The van der Waals surface area contributed by atoms with Crippen molar-refractivity contribution in [2.45, 2.75) is 37.1 Å². The fourth-order valence-electron chi connectivity index (χ4n) is 3.58. The highest BCUT2D eigenvalue weighted by Gasteiger charge is 2.45. The van der Waals surface area contributed by atoms with E-state index in [-0.39, 0.29) is 12.1 Å². The van der Waals surface area contributed by atoms with Crippen LogP contribution < -0.4 is 0 Å². The lowest BCUT2D eigenvalue weighted by Gasteiger charge is -2.51. The number of benzene rings is 1. The molecule has 0 spiro atoms. The van der Waals surface area contributed by atoms with E-state index < -0.39 is 5.60 Å². The Balaban J connectivity index is 1.73. The van der Waals surface area contributed by atoms with Gasteiger partial charge in [-0.05, 0) is 18.4 Å². The number of methoxy groups -OCH3 is 1. The Bertz CT molecular complexity index is 423. The molecular weight excluding hydrogens is 254 g/mol. The fourth-order valence-corrected chi connectivity index (χ4v) is 3.58. The average molecular weight is 277 g/mol. The Kier molecular flexibility index (Phi) is 4.08. The van der Waals surface area contributed by atoms with Crippen LogP contribution in [0.2, 0.25) is 0 Å². The minimum absolute atomic E-state index is 0.280. The van der Waals surface area contributed by atoms with Gasteiger partial charge in [0.15, 0.2) is 0 Å². The van der Waals surface area contributed by atoms with E-state index in [9.17, 15) is 5.11 Å². The van der Waals surface area contributed by atoms with Gasteiger partial charge in [-0.3, -0.25) is 4.90 Å². The smallest absolute Gasteiger partial charge is 0.0911 e. The predicted octanol–water partition coefficient (Wildman–Crippen LogP) is 1.43. The summed E-state index contributed by atoms with van der Waals surface area (Å²) in [6.45, 7) is 2.76. The molecule has 2 bridgehead atoms. The number of aliphatic hydroxyl groups is 1. The van der Waals surface area contributed by atoms with Gasteiger partial charge in [-0.1, -0.05) is 30.3 Å². The van der Waals surface area contributed by atoms with Crippen molar-refractivity contribution in [1.29, 1.82) is 0 Å². The van der Waals surface area contributed by atoms with Gasteiger partial charge in [0.2, 0.25) is 0 Å². The summed E-state index contributed by atoms with van der Waals surface area (Å²) in [5.74, 6) is 0. The van der Waals surface area contributed by atoms with E-state index in [2.05, 4.69) is 29.2 Å². The van der Waals surface area contributed by atoms with Gasteiger partial charge in [-0.2, -0.15) is 0 Å². The number of hydrogen-bond donors (Lipinski definition) is 1. The third kappa shape index (κ3) is 2.88. The largest absolute Gasteiger partial charge is 0.387 e. The van der Waals surface area contributed by atoms with E-state index in [4.69, 9.17) is 9.47 Å². The quantitative estimate of drug-likeness (QED) is 0.904. The van der Waals surface area contributed by atoms with Crippen LogP contribution in [0.5, 0.6) is 0 Å². The van der Waals surface area contributed by atoms with E-state index in [0.29, 0.717) is 19.8 Å². The van der Waals surface area contributed by atoms with Gasteiger partial charge in [0.05, 0.1) is 25.4 Å². The summed E-state index contributed by atoms with van der Waals surface area (Å²) in [7, 11) is 1.65. The summed E-state index contributed by atoms with van der Waals surface area (Å²) < 4.78 is 10.9. The maximum atomic E-state index is 10.7. The van der Waals surface area contributed by atoms with E-state index in [1.165, 1.54) is 5.56 Å². The van der Waals surface area contributed by atoms with Crippen molar-refractivity contribution in [3.05, 3.63) is 35.9 Å². The number of fused-ring (bicyclic) bond motifs is 2. The van der Waals surface area contributed by atoms with Crippen LogP contribution in [0.15, 0.2) is 30.3 Å². The molecule has 3 rings (SSSR count). The SMILES string of the molecule is COCC1(O)CC2COCC(C1)N2Cc1ccccc1. The molecule has 2 saturated heterocycles. The lowest BCUT2D eigenvalue weighted by Crippen LogP contribution is -2.62. The zero-order chi connectivity index (χ0) is 14.0. The van der Waals surface area contributed by atoms with Crippen LogP contribution in [0.25, 0.3) is 0 Å². The third-order valence-corrected chi connectivity index (χ3v) is 4.41. The summed E-state index contributed by atoms with van der Waals surface area (Å²) in [4.78, 5) is 2.49. The zero-order valence-corrected chi connectivity index (χ0v) is 12.0. The van der Waals surface area contributed by atoms with Crippen LogP contribution in [0.4, 0.5) is 0 Å². The number of ether oxygens (including phenoxy) is 2. The van der Waals surface area contributed by atoms with Crippen LogP contribution in [-0.4, -0.2) is 54.6 Å². The van der Waals surface area contributed by atoms with Crippen molar-refractivity contribution in [2.75, 3.05) is 26.9 Å². The van der Waals surface area contributed by atoms with Gasteiger partial charge in [-0.15, -0.1) is 0 Å². The van der Waals surface area contributed by atoms with Crippen LogP contribution in [0, 0.1) is 0 Å². The normalized spacial score (nSPS) is 34.1. The highest BCUT2D eigenvalue weighted by Crippen LogP contribution is 2.35. The molecule has 0 aromatic heterocycles. The standard InChI is InChI=1S/C16H23NO3/c1-19-12-16(18)7-14-10-20-11-15(8-16)17(14)9-13-5-3-2-4-6-13/h2-6,14-15,18H,7-12H2,1H3. The third-order valence-electron chi connectivity index (χ3n) is 4.41. The topological polar surface area (TPSA) is 41.9 Å². The average Bonchev–Trinajstić information content (AvgIpc) is 2.41. The maximum absolute atomic E-state index is 10.7. The van der Waals surface area contributed by atoms with Crippen LogP contribution in [-0.2, 0) is 16.0 Å². The molecule has 4 nitrogen and oxygen atoms in total. The molecule has 1 N–H and O–H groups in total. The first-order valence-corrected chi connectivity index (χ1v) is 7.29. The molecule has 2 atom stereocenters. The number of hydrogen-bond acceptors (Lipinski definition) is 4. The summed E-state index contributed by atoms with van der Waals surface area (Å²) in [5.41, 5.74) is 0.628. The fraction of sp³-hybridized carbons (Fsp3) is 0.625. The van der Waals surface area contributed by atoms with Gasteiger partial charge in [-0.25, -0.2) is 0 Å². The van der Waals surface area contributed by atoms with Gasteiger partial charge in [0, 0.05) is 25.7 Å². The summed E-state index contributed by atoms with van der Waals surface area (Å²) in [6.07, 6.45) is 1.45. The van der Waals surface area contributed by atoms with E-state index in [1.807, 2.05) is 6.07 Å². The lowest BCUT2D eigenvalue weighted by atomic mass is 9.81. The molecule has 2 aliphatic rings. The lowest BCUT2D eigenvalue weighted by molar-refractivity contribution is -0.161.